The van der Waals surface area contributed by atoms with Crippen LogP contribution in [0.1, 0.15) is 103 Å². The summed E-state index contributed by atoms with van der Waals surface area (Å²) >= 11 is 6.58. The predicted molar refractivity (Wildman–Crippen MR) is 229 cm³/mol. The smallest absolute Gasteiger partial charge is 0.332 e. The number of alkyl halides is 4. The first kappa shape index (κ1) is 43.5. The standard InChI is InChI=1S/C48H49ClF4N2O4/c1-7-9-12-31(8-2)26-55-43-20-18-34(44(54-59-30(5)56)38-22-33(17-15-28(38)3)29(4)27-58-6)23-39(43)40-24-41(35-13-10-11-14-36(35)45(40)55)46(57)37-19-16-32(21-42(37)49)25-48(52,53)47(50)51/h10-11,13-24,29,31,47H,7-9,12,25-27H2,1-6H3/b54-44-. The average molecular weight is 829 g/mol. The molecule has 2 unspecified atom stereocenters. The highest BCUT2D eigenvalue weighted by atomic mass is 35.5. The van der Waals surface area contributed by atoms with Crippen molar-refractivity contribution < 1.29 is 36.7 Å². The second-order valence-electron chi connectivity index (χ2n) is 15.5. The molecule has 0 radical (unpaired) electrons. The van der Waals surface area contributed by atoms with Crippen molar-refractivity contribution in [2.45, 2.75) is 91.5 Å². The van der Waals surface area contributed by atoms with Gasteiger partial charge in [-0.3, -0.25) is 4.79 Å². The second kappa shape index (κ2) is 18.5. The molecule has 59 heavy (non-hydrogen) atoms. The van der Waals surface area contributed by atoms with Crippen LogP contribution >= 0.6 is 11.6 Å². The minimum atomic E-state index is -4.25. The number of hydrogen-bond acceptors (Lipinski definition) is 5. The average Bonchev–Trinajstić information content (AvgIpc) is 3.51. The molecular formula is C48H49ClF4N2O4. The van der Waals surface area contributed by atoms with E-state index in [1.54, 1.807) is 7.11 Å². The molecule has 2 atom stereocenters. The Hall–Kier alpha value is -5.06. The number of ether oxygens (including phenoxy) is 1. The van der Waals surface area contributed by atoms with Crippen LogP contribution in [0.3, 0.4) is 0 Å². The minimum Gasteiger partial charge on any atom is -0.384 e. The Morgan fingerprint density at radius 1 is 0.881 bits per heavy atom. The van der Waals surface area contributed by atoms with Gasteiger partial charge in [-0.1, -0.05) is 105 Å². The molecule has 0 spiro atoms. The number of unbranched alkanes of at least 4 members (excludes halogenated alkanes) is 1. The van der Waals surface area contributed by atoms with E-state index in [1.807, 2.05) is 73.7 Å². The third-order valence-electron chi connectivity index (χ3n) is 11.2. The lowest BCUT2D eigenvalue weighted by Crippen LogP contribution is -2.29. The summed E-state index contributed by atoms with van der Waals surface area (Å²) in [5.41, 5.74) is 6.07. The van der Waals surface area contributed by atoms with Gasteiger partial charge in [0.1, 0.15) is 5.71 Å². The maximum absolute atomic E-state index is 14.6. The van der Waals surface area contributed by atoms with E-state index in [0.29, 0.717) is 34.7 Å². The van der Waals surface area contributed by atoms with Gasteiger partial charge in [0.25, 0.3) is 0 Å². The Labute approximate surface area is 347 Å². The fraction of sp³-hybridized carbons (Fsp3) is 0.354. The van der Waals surface area contributed by atoms with Crippen molar-refractivity contribution in [3.05, 3.63) is 129 Å². The molecule has 310 valence electrons. The van der Waals surface area contributed by atoms with Crippen molar-refractivity contribution in [1.29, 1.82) is 0 Å². The third kappa shape index (κ3) is 9.24. The van der Waals surface area contributed by atoms with E-state index in [2.05, 4.69) is 30.5 Å². The molecule has 6 aromatic rings. The highest BCUT2D eigenvalue weighted by Crippen LogP contribution is 2.40. The fourth-order valence-corrected chi connectivity index (χ4v) is 8.21. The Morgan fingerprint density at radius 3 is 2.29 bits per heavy atom. The van der Waals surface area contributed by atoms with E-state index in [9.17, 15) is 27.2 Å². The van der Waals surface area contributed by atoms with Gasteiger partial charge in [0, 0.05) is 76.8 Å². The Kier molecular flexibility index (Phi) is 13.6. The fourth-order valence-electron chi connectivity index (χ4n) is 7.93. The molecule has 5 aromatic carbocycles. The number of rotatable bonds is 17. The maximum atomic E-state index is 14.6. The lowest BCUT2D eigenvalue weighted by atomic mass is 9.91. The topological polar surface area (TPSA) is 69.9 Å². The van der Waals surface area contributed by atoms with Crippen LogP contribution in [0.15, 0.2) is 90.1 Å². The quantitative estimate of drug-likeness (QED) is 0.0302. The lowest BCUT2D eigenvalue weighted by molar-refractivity contribution is -0.140. The van der Waals surface area contributed by atoms with E-state index >= 15 is 0 Å². The molecule has 0 fully saturated rings. The molecule has 1 aromatic heterocycles. The largest absolute Gasteiger partial charge is 0.384 e. The van der Waals surface area contributed by atoms with Crippen molar-refractivity contribution in [3.8, 4) is 0 Å². The molecule has 0 aliphatic rings. The number of carbonyl (C=O) groups excluding carboxylic acids is 2. The van der Waals surface area contributed by atoms with Crippen LogP contribution in [0.25, 0.3) is 32.6 Å². The molecule has 0 saturated heterocycles. The van der Waals surface area contributed by atoms with Crippen LogP contribution in [-0.4, -0.2) is 48.1 Å². The van der Waals surface area contributed by atoms with Gasteiger partial charge in [0.2, 0.25) is 0 Å². The van der Waals surface area contributed by atoms with E-state index in [-0.39, 0.29) is 22.1 Å². The number of methoxy groups -OCH3 is 1. The molecule has 0 bridgehead atoms. The van der Waals surface area contributed by atoms with Crippen molar-refractivity contribution in [3.63, 3.8) is 0 Å². The molecule has 6 rings (SSSR count). The van der Waals surface area contributed by atoms with Gasteiger partial charge in [0.05, 0.1) is 17.1 Å². The van der Waals surface area contributed by atoms with Gasteiger partial charge in [-0.2, -0.15) is 8.78 Å². The normalized spacial score (nSPS) is 13.5. The molecule has 0 N–H and O–H groups in total. The molecule has 0 amide bonds. The Balaban J connectivity index is 1.61. The van der Waals surface area contributed by atoms with Crippen LogP contribution in [-0.2, 0) is 27.3 Å². The van der Waals surface area contributed by atoms with E-state index in [4.69, 9.17) is 21.2 Å². The van der Waals surface area contributed by atoms with Gasteiger partial charge in [-0.15, -0.1) is 0 Å². The second-order valence-corrected chi connectivity index (χ2v) is 15.9. The van der Waals surface area contributed by atoms with Crippen LogP contribution in [0.2, 0.25) is 5.02 Å². The predicted octanol–water partition coefficient (Wildman–Crippen LogP) is 12.9. The Morgan fingerprint density at radius 2 is 1.63 bits per heavy atom. The summed E-state index contributed by atoms with van der Waals surface area (Å²) in [5.74, 6) is -4.79. The molecule has 0 saturated carbocycles. The highest BCUT2D eigenvalue weighted by Gasteiger charge is 2.40. The molecule has 0 aliphatic carbocycles. The summed E-state index contributed by atoms with van der Waals surface area (Å²) in [6.45, 7) is 11.0. The number of nitrogens with zero attached hydrogens (tertiary/aromatic N) is 2. The minimum absolute atomic E-state index is 0.0594. The lowest BCUT2D eigenvalue weighted by Gasteiger charge is -2.19. The summed E-state index contributed by atoms with van der Waals surface area (Å²) in [6.07, 6.45) is -0.863. The number of halogens is 5. The van der Waals surface area contributed by atoms with E-state index < -0.39 is 30.5 Å². The molecule has 0 aliphatic heterocycles. The summed E-state index contributed by atoms with van der Waals surface area (Å²) in [4.78, 5) is 32.1. The monoisotopic (exact) mass is 828 g/mol. The molecule has 6 nitrogen and oxygen atoms in total. The first-order valence-corrected chi connectivity index (χ1v) is 20.4. The first-order valence-electron chi connectivity index (χ1n) is 20.0. The maximum Gasteiger partial charge on any atom is 0.332 e. The van der Waals surface area contributed by atoms with Gasteiger partial charge in [0.15, 0.2) is 5.78 Å². The SMILES string of the molecule is CCCCC(CC)Cn1c2ccc(/C(=N/OC(C)=O)c3cc(C(C)COC)ccc3C)cc2c2cc(C(=O)c3ccc(CC(F)(F)C(F)F)cc3Cl)c3ccccc3c21. The van der Waals surface area contributed by atoms with Crippen LogP contribution in [0.4, 0.5) is 17.6 Å². The molecule has 11 heteroatoms. The third-order valence-corrected chi connectivity index (χ3v) is 11.5. The molecule has 1 heterocycles. The van der Waals surface area contributed by atoms with Gasteiger partial charge in [-0.25, -0.2) is 13.6 Å². The van der Waals surface area contributed by atoms with E-state index in [1.165, 1.54) is 19.1 Å². The van der Waals surface area contributed by atoms with Crippen LogP contribution < -0.4 is 0 Å². The van der Waals surface area contributed by atoms with Crippen molar-refractivity contribution in [1.82, 2.24) is 4.57 Å². The van der Waals surface area contributed by atoms with Crippen LogP contribution in [0.5, 0.6) is 0 Å². The number of carbonyl (C=O) groups is 2. The molecular weight excluding hydrogens is 780 g/mol. The van der Waals surface area contributed by atoms with Gasteiger partial charge >= 0.3 is 18.3 Å². The number of ketones is 1. The van der Waals surface area contributed by atoms with Crippen molar-refractivity contribution >= 4 is 61.6 Å². The van der Waals surface area contributed by atoms with E-state index in [0.717, 1.165) is 82.2 Å². The van der Waals surface area contributed by atoms with Gasteiger partial charge in [-0.05, 0) is 77.7 Å². The number of aromatic nitrogens is 1. The number of oxime groups is 1. The zero-order valence-corrected chi connectivity index (χ0v) is 34.9. The van der Waals surface area contributed by atoms with Crippen molar-refractivity contribution in [2.75, 3.05) is 13.7 Å². The van der Waals surface area contributed by atoms with Crippen molar-refractivity contribution in [2.24, 2.45) is 11.1 Å². The summed E-state index contributed by atoms with van der Waals surface area (Å²) in [7, 11) is 1.66. The Bertz CT molecular complexity index is 2550. The summed E-state index contributed by atoms with van der Waals surface area (Å²) < 4.78 is 61.7. The highest BCUT2D eigenvalue weighted by molar-refractivity contribution is 6.36. The number of hydrogen-bond donors (Lipinski definition) is 0. The summed E-state index contributed by atoms with van der Waals surface area (Å²) in [5, 5.41) is 7.45. The number of aryl methyl sites for hydroxylation is 1. The number of fused-ring (bicyclic) bond motifs is 5. The van der Waals surface area contributed by atoms with Gasteiger partial charge < -0.3 is 14.1 Å². The zero-order chi connectivity index (χ0) is 42.6. The van der Waals surface area contributed by atoms with Crippen LogP contribution in [0, 0.1) is 12.8 Å². The summed E-state index contributed by atoms with van der Waals surface area (Å²) in [6, 6.07) is 25.4. The first-order chi connectivity index (χ1) is 28.2. The zero-order valence-electron chi connectivity index (χ0n) is 34.2. The number of benzene rings is 5.